The molecule has 4 heteroatoms. The van der Waals surface area contributed by atoms with E-state index in [0.29, 0.717) is 11.3 Å². The van der Waals surface area contributed by atoms with Gasteiger partial charge < -0.3 is 9.84 Å². The Kier molecular flexibility index (Phi) is 3.11. The van der Waals surface area contributed by atoms with E-state index in [4.69, 9.17) is 10.6 Å². The first-order valence-corrected chi connectivity index (χ1v) is 3.91. The highest BCUT2D eigenvalue weighted by atomic mass is 16.6. The first kappa shape index (κ1) is 9.83. The van der Waals surface area contributed by atoms with Crippen LogP contribution >= 0.6 is 0 Å². The Morgan fingerprint density at radius 3 is 2.69 bits per heavy atom. The molecule has 0 bridgehead atoms. The predicted octanol–water partition coefficient (Wildman–Crippen LogP) is 1.35. The van der Waals surface area contributed by atoms with Crippen molar-refractivity contribution in [2.45, 2.75) is 13.0 Å². The Morgan fingerprint density at radius 2 is 2.15 bits per heavy atom. The molecule has 1 aromatic carbocycles. The maximum atomic E-state index is 9.44. The van der Waals surface area contributed by atoms with Crippen molar-refractivity contribution in [3.8, 4) is 11.5 Å². The fourth-order valence-electron chi connectivity index (χ4n) is 1.06. The molecule has 1 aromatic rings. The van der Waals surface area contributed by atoms with Gasteiger partial charge in [0, 0.05) is 5.56 Å². The van der Waals surface area contributed by atoms with E-state index in [2.05, 4.69) is 4.84 Å². The average molecular weight is 183 g/mol. The number of phenolic OH excluding ortho intramolecular Hbond substituents is 1. The van der Waals surface area contributed by atoms with E-state index < -0.39 is 0 Å². The normalized spacial score (nSPS) is 12.5. The fourth-order valence-corrected chi connectivity index (χ4v) is 1.06. The Labute approximate surface area is 76.8 Å². The molecule has 1 rings (SSSR count). The number of hydrogen-bond acceptors (Lipinski definition) is 4. The van der Waals surface area contributed by atoms with E-state index in [1.165, 1.54) is 0 Å². The zero-order chi connectivity index (χ0) is 9.84. The van der Waals surface area contributed by atoms with E-state index in [1.54, 1.807) is 32.2 Å². The summed E-state index contributed by atoms with van der Waals surface area (Å²) in [4.78, 5) is 4.60. The minimum absolute atomic E-state index is 0.152. The first-order valence-electron chi connectivity index (χ1n) is 3.91. The Hall–Kier alpha value is -1.26. The third kappa shape index (κ3) is 2.11. The quantitative estimate of drug-likeness (QED) is 0.694. The van der Waals surface area contributed by atoms with E-state index >= 15 is 0 Å². The highest BCUT2D eigenvalue weighted by Crippen LogP contribution is 2.29. The van der Waals surface area contributed by atoms with Crippen LogP contribution < -0.4 is 10.6 Å². The second-order valence-corrected chi connectivity index (χ2v) is 2.70. The molecule has 4 nitrogen and oxygen atoms in total. The number of methoxy groups -OCH3 is 1. The van der Waals surface area contributed by atoms with Gasteiger partial charge in [-0.1, -0.05) is 0 Å². The molecule has 3 N–H and O–H groups in total. The number of benzene rings is 1. The molecule has 1 atom stereocenters. The minimum Gasteiger partial charge on any atom is -0.508 e. The van der Waals surface area contributed by atoms with Crippen molar-refractivity contribution < 1.29 is 14.7 Å². The van der Waals surface area contributed by atoms with Crippen molar-refractivity contribution in [2.24, 2.45) is 5.90 Å². The molecular weight excluding hydrogens is 170 g/mol. The lowest BCUT2D eigenvalue weighted by Crippen LogP contribution is -2.05. The lowest BCUT2D eigenvalue weighted by Gasteiger charge is -2.11. The molecule has 0 radical (unpaired) electrons. The van der Waals surface area contributed by atoms with Gasteiger partial charge in [-0.25, -0.2) is 5.90 Å². The van der Waals surface area contributed by atoms with E-state index in [1.807, 2.05) is 0 Å². The molecular formula is C9H13NO3. The van der Waals surface area contributed by atoms with E-state index in [0.717, 1.165) is 0 Å². The summed E-state index contributed by atoms with van der Waals surface area (Å²) in [5.41, 5.74) is 0.613. The summed E-state index contributed by atoms with van der Waals surface area (Å²) in [6.45, 7) is 1.74. The maximum absolute atomic E-state index is 9.44. The van der Waals surface area contributed by atoms with Crippen molar-refractivity contribution in [1.29, 1.82) is 0 Å². The molecule has 0 aromatic heterocycles. The van der Waals surface area contributed by atoms with Crippen molar-refractivity contribution >= 4 is 0 Å². The zero-order valence-corrected chi connectivity index (χ0v) is 7.65. The minimum atomic E-state index is -0.352. The second kappa shape index (κ2) is 4.11. The molecule has 0 spiro atoms. The lowest BCUT2D eigenvalue weighted by molar-refractivity contribution is 0.0645. The number of nitrogens with two attached hydrogens (primary N) is 1. The monoisotopic (exact) mass is 183 g/mol. The summed E-state index contributed by atoms with van der Waals surface area (Å²) < 4.78 is 5.00. The molecule has 0 aliphatic heterocycles. The van der Waals surface area contributed by atoms with Gasteiger partial charge in [0.15, 0.2) is 0 Å². The molecule has 0 saturated carbocycles. The lowest BCUT2D eigenvalue weighted by atomic mass is 10.1. The molecule has 0 fully saturated rings. The number of rotatable bonds is 3. The van der Waals surface area contributed by atoms with Gasteiger partial charge in [0.1, 0.15) is 17.6 Å². The predicted molar refractivity (Wildman–Crippen MR) is 48.3 cm³/mol. The van der Waals surface area contributed by atoms with Crippen LogP contribution in [0.1, 0.15) is 18.6 Å². The molecule has 13 heavy (non-hydrogen) atoms. The van der Waals surface area contributed by atoms with Crippen LogP contribution in [-0.4, -0.2) is 12.2 Å². The summed E-state index contributed by atoms with van der Waals surface area (Å²) >= 11 is 0. The Morgan fingerprint density at radius 1 is 1.46 bits per heavy atom. The van der Waals surface area contributed by atoms with Gasteiger partial charge in [0.05, 0.1) is 7.11 Å². The van der Waals surface area contributed by atoms with Crippen LogP contribution in [0, 0.1) is 0 Å². The van der Waals surface area contributed by atoms with Crippen molar-refractivity contribution in [3.63, 3.8) is 0 Å². The smallest absolute Gasteiger partial charge is 0.121 e. The SMILES string of the molecule is COc1ccc(O)c(C(C)ON)c1. The fraction of sp³-hybridized carbons (Fsp3) is 0.333. The molecule has 0 aliphatic rings. The number of phenols is 1. The standard InChI is InChI=1S/C9H13NO3/c1-6(13-10)8-5-7(12-2)3-4-9(8)11/h3-6,11H,10H2,1-2H3. The van der Waals surface area contributed by atoms with E-state index in [9.17, 15) is 5.11 Å². The van der Waals surface area contributed by atoms with Gasteiger partial charge in [-0.2, -0.15) is 0 Å². The maximum Gasteiger partial charge on any atom is 0.121 e. The Bertz CT molecular complexity index is 288. The largest absolute Gasteiger partial charge is 0.508 e. The topological polar surface area (TPSA) is 64.7 Å². The molecule has 72 valence electrons. The van der Waals surface area contributed by atoms with E-state index in [-0.39, 0.29) is 11.9 Å². The Balaban J connectivity index is 3.03. The van der Waals surface area contributed by atoms with Crippen LogP contribution in [0.5, 0.6) is 11.5 Å². The van der Waals surface area contributed by atoms with Gasteiger partial charge in [0.2, 0.25) is 0 Å². The third-order valence-corrected chi connectivity index (χ3v) is 1.88. The number of aromatic hydroxyl groups is 1. The zero-order valence-electron chi connectivity index (χ0n) is 7.65. The highest BCUT2D eigenvalue weighted by Gasteiger charge is 2.10. The van der Waals surface area contributed by atoms with Crippen molar-refractivity contribution in [2.75, 3.05) is 7.11 Å². The van der Waals surface area contributed by atoms with Gasteiger partial charge in [0.25, 0.3) is 0 Å². The van der Waals surface area contributed by atoms with Crippen LogP contribution in [0.15, 0.2) is 18.2 Å². The summed E-state index contributed by atoms with van der Waals surface area (Å²) in [5, 5.41) is 9.44. The van der Waals surface area contributed by atoms with Crippen LogP contribution in [-0.2, 0) is 4.84 Å². The summed E-state index contributed by atoms with van der Waals surface area (Å²) in [6.07, 6.45) is -0.352. The average Bonchev–Trinajstić information content (AvgIpc) is 2.17. The summed E-state index contributed by atoms with van der Waals surface area (Å²) in [5.74, 6) is 5.83. The summed E-state index contributed by atoms with van der Waals surface area (Å²) in [6, 6.07) is 4.90. The van der Waals surface area contributed by atoms with Crippen LogP contribution in [0.2, 0.25) is 0 Å². The third-order valence-electron chi connectivity index (χ3n) is 1.88. The molecule has 0 saturated heterocycles. The van der Waals surface area contributed by atoms with Gasteiger partial charge in [-0.05, 0) is 25.1 Å². The molecule has 0 heterocycles. The highest BCUT2D eigenvalue weighted by molar-refractivity contribution is 5.40. The molecule has 1 unspecified atom stereocenters. The first-order chi connectivity index (χ1) is 6.19. The van der Waals surface area contributed by atoms with Gasteiger partial charge in [-0.15, -0.1) is 0 Å². The van der Waals surface area contributed by atoms with Crippen LogP contribution in [0.25, 0.3) is 0 Å². The second-order valence-electron chi connectivity index (χ2n) is 2.70. The van der Waals surface area contributed by atoms with Crippen molar-refractivity contribution in [3.05, 3.63) is 23.8 Å². The van der Waals surface area contributed by atoms with Gasteiger partial charge >= 0.3 is 0 Å². The van der Waals surface area contributed by atoms with Crippen LogP contribution in [0.3, 0.4) is 0 Å². The number of hydrogen-bond donors (Lipinski definition) is 2. The summed E-state index contributed by atoms with van der Waals surface area (Å²) in [7, 11) is 1.56. The van der Waals surface area contributed by atoms with Crippen molar-refractivity contribution in [1.82, 2.24) is 0 Å². The van der Waals surface area contributed by atoms with Crippen LogP contribution in [0.4, 0.5) is 0 Å². The molecule has 0 aliphatic carbocycles. The number of ether oxygens (including phenoxy) is 1. The molecule has 0 amide bonds. The van der Waals surface area contributed by atoms with Gasteiger partial charge in [-0.3, -0.25) is 4.84 Å².